The van der Waals surface area contributed by atoms with Crippen LogP contribution in [-0.4, -0.2) is 24.3 Å². The first-order chi connectivity index (χ1) is 8.22. The lowest BCUT2D eigenvalue weighted by molar-refractivity contribution is -0.148. The summed E-state index contributed by atoms with van der Waals surface area (Å²) in [5.41, 5.74) is 7.46. The molecule has 1 aliphatic heterocycles. The van der Waals surface area contributed by atoms with Gasteiger partial charge in [0.2, 0.25) is 0 Å². The van der Waals surface area contributed by atoms with Crippen LogP contribution in [0.15, 0.2) is 28.7 Å². The first-order valence-corrected chi connectivity index (χ1v) is 6.92. The maximum Gasteiger partial charge on any atom is 0.0752 e. The summed E-state index contributed by atoms with van der Waals surface area (Å²) >= 11 is 3.46. The highest BCUT2D eigenvalue weighted by molar-refractivity contribution is 9.10. The van der Waals surface area contributed by atoms with Gasteiger partial charge in [0.25, 0.3) is 0 Å². The summed E-state index contributed by atoms with van der Waals surface area (Å²) in [6.45, 7) is 3.89. The summed E-state index contributed by atoms with van der Waals surface area (Å²) in [7, 11) is 0. The van der Waals surface area contributed by atoms with E-state index in [0.29, 0.717) is 0 Å². The quantitative estimate of drug-likeness (QED) is 0.929. The minimum atomic E-state index is 0.106. The Morgan fingerprint density at radius 3 is 2.65 bits per heavy atom. The number of nitrogens with two attached hydrogens (primary N) is 1. The zero-order chi connectivity index (χ0) is 12.3. The number of rotatable bonds is 4. The molecule has 0 saturated carbocycles. The van der Waals surface area contributed by atoms with Crippen molar-refractivity contribution >= 4 is 15.9 Å². The molecular formula is C13H19BrN2O. The van der Waals surface area contributed by atoms with Gasteiger partial charge in [-0.2, -0.15) is 5.06 Å². The molecule has 2 atom stereocenters. The van der Waals surface area contributed by atoms with Gasteiger partial charge in [-0.05, 0) is 30.5 Å². The van der Waals surface area contributed by atoms with Crippen molar-refractivity contribution in [2.45, 2.75) is 31.8 Å². The largest absolute Gasteiger partial charge is 0.326 e. The van der Waals surface area contributed by atoms with Crippen LogP contribution in [0.4, 0.5) is 0 Å². The zero-order valence-corrected chi connectivity index (χ0v) is 11.7. The average Bonchev–Trinajstić information content (AvgIpc) is 2.85. The fraction of sp³-hybridized carbons (Fsp3) is 0.538. The monoisotopic (exact) mass is 298 g/mol. The van der Waals surface area contributed by atoms with Crippen LogP contribution < -0.4 is 5.73 Å². The van der Waals surface area contributed by atoms with Gasteiger partial charge in [-0.25, -0.2) is 0 Å². The molecule has 0 radical (unpaired) electrons. The lowest BCUT2D eigenvalue weighted by Gasteiger charge is -2.31. The molecule has 1 heterocycles. The Balaban J connectivity index is 2.22. The summed E-state index contributed by atoms with van der Waals surface area (Å²) < 4.78 is 1.09. The van der Waals surface area contributed by atoms with E-state index in [9.17, 15) is 0 Å². The predicted octanol–water partition coefficient (Wildman–Crippen LogP) is 2.86. The van der Waals surface area contributed by atoms with Crippen LogP contribution in [0.2, 0.25) is 0 Å². The number of nitrogens with zero attached hydrogens (tertiary/aromatic N) is 1. The Labute approximate surface area is 111 Å². The lowest BCUT2D eigenvalue weighted by atomic mass is 9.98. The van der Waals surface area contributed by atoms with E-state index in [1.54, 1.807) is 0 Å². The van der Waals surface area contributed by atoms with Crippen LogP contribution in [0.5, 0.6) is 0 Å². The molecule has 1 aliphatic rings. The molecule has 1 saturated heterocycles. The van der Waals surface area contributed by atoms with Crippen molar-refractivity contribution in [2.75, 3.05) is 13.2 Å². The lowest BCUT2D eigenvalue weighted by Crippen LogP contribution is -2.38. The van der Waals surface area contributed by atoms with Crippen molar-refractivity contribution in [2.24, 2.45) is 5.73 Å². The van der Waals surface area contributed by atoms with Gasteiger partial charge in [0, 0.05) is 17.1 Å². The van der Waals surface area contributed by atoms with Gasteiger partial charge >= 0.3 is 0 Å². The van der Waals surface area contributed by atoms with E-state index in [2.05, 4.69) is 47.1 Å². The first kappa shape index (κ1) is 13.0. The molecule has 94 valence electrons. The molecule has 0 bridgehead atoms. The van der Waals surface area contributed by atoms with Crippen LogP contribution in [-0.2, 0) is 4.84 Å². The maximum absolute atomic E-state index is 6.23. The minimum absolute atomic E-state index is 0.106. The smallest absolute Gasteiger partial charge is 0.0752 e. The standard InChI is InChI=1S/C13H19BrN2O/c1-2-12(15)13(16-8-3-9-17-16)10-4-6-11(14)7-5-10/h4-7,12-13H,2-3,8-9,15H2,1H3. The second-order valence-corrected chi connectivity index (χ2v) is 5.31. The normalized spacial score (nSPS) is 20.4. The van der Waals surface area contributed by atoms with Crippen LogP contribution in [0, 0.1) is 0 Å². The van der Waals surface area contributed by atoms with E-state index < -0.39 is 0 Å². The minimum Gasteiger partial charge on any atom is -0.326 e. The number of benzene rings is 1. The second kappa shape index (κ2) is 5.96. The van der Waals surface area contributed by atoms with Gasteiger partial charge in [0.15, 0.2) is 0 Å². The topological polar surface area (TPSA) is 38.5 Å². The van der Waals surface area contributed by atoms with E-state index >= 15 is 0 Å². The number of hydroxylamine groups is 2. The molecule has 1 fully saturated rings. The van der Waals surface area contributed by atoms with Crippen molar-refractivity contribution in [3.63, 3.8) is 0 Å². The molecule has 0 spiro atoms. The summed E-state index contributed by atoms with van der Waals surface area (Å²) in [6.07, 6.45) is 2.03. The third-order valence-electron chi connectivity index (χ3n) is 3.18. The highest BCUT2D eigenvalue weighted by Gasteiger charge is 2.28. The molecule has 1 aromatic carbocycles. The molecule has 1 aromatic rings. The Bertz CT molecular complexity index is 349. The third kappa shape index (κ3) is 3.07. The van der Waals surface area contributed by atoms with Gasteiger partial charge in [-0.1, -0.05) is 35.0 Å². The summed E-state index contributed by atoms with van der Waals surface area (Å²) in [5, 5.41) is 2.04. The molecular weight excluding hydrogens is 280 g/mol. The van der Waals surface area contributed by atoms with Crippen molar-refractivity contribution in [3.8, 4) is 0 Å². The van der Waals surface area contributed by atoms with Gasteiger partial charge in [-0.15, -0.1) is 0 Å². The van der Waals surface area contributed by atoms with Gasteiger partial charge in [0.1, 0.15) is 0 Å². The molecule has 0 aromatic heterocycles. The van der Waals surface area contributed by atoms with Crippen molar-refractivity contribution in [1.82, 2.24) is 5.06 Å². The predicted molar refractivity (Wildman–Crippen MR) is 72.4 cm³/mol. The summed E-state index contributed by atoms with van der Waals surface area (Å²) in [4.78, 5) is 5.66. The molecule has 2 rings (SSSR count). The SMILES string of the molecule is CCC(N)C(c1ccc(Br)cc1)N1CCCO1. The molecule has 2 N–H and O–H groups in total. The highest BCUT2D eigenvalue weighted by atomic mass is 79.9. The van der Waals surface area contributed by atoms with E-state index in [1.165, 1.54) is 5.56 Å². The van der Waals surface area contributed by atoms with E-state index in [4.69, 9.17) is 10.6 Å². The molecule has 3 nitrogen and oxygen atoms in total. The summed E-state index contributed by atoms with van der Waals surface area (Å²) in [5.74, 6) is 0. The Hall–Kier alpha value is -0.420. The fourth-order valence-electron chi connectivity index (χ4n) is 2.20. The van der Waals surface area contributed by atoms with Crippen molar-refractivity contribution in [3.05, 3.63) is 34.3 Å². The van der Waals surface area contributed by atoms with Gasteiger partial charge in [0.05, 0.1) is 12.6 Å². The molecule has 17 heavy (non-hydrogen) atoms. The van der Waals surface area contributed by atoms with Crippen molar-refractivity contribution in [1.29, 1.82) is 0 Å². The maximum atomic E-state index is 6.23. The summed E-state index contributed by atoms with van der Waals surface area (Å²) in [6, 6.07) is 8.62. The van der Waals surface area contributed by atoms with Crippen LogP contribution in [0.3, 0.4) is 0 Å². The second-order valence-electron chi connectivity index (χ2n) is 4.40. The molecule has 0 amide bonds. The molecule has 0 aliphatic carbocycles. The molecule has 2 unspecified atom stereocenters. The average molecular weight is 299 g/mol. The van der Waals surface area contributed by atoms with Crippen LogP contribution >= 0.6 is 15.9 Å². The van der Waals surface area contributed by atoms with E-state index in [1.807, 2.05) is 5.06 Å². The van der Waals surface area contributed by atoms with E-state index in [0.717, 1.165) is 30.5 Å². The Kier molecular flexibility index (Phi) is 4.56. The zero-order valence-electron chi connectivity index (χ0n) is 10.1. The number of hydrogen-bond donors (Lipinski definition) is 1. The van der Waals surface area contributed by atoms with Gasteiger partial charge < -0.3 is 5.73 Å². The Morgan fingerprint density at radius 1 is 1.41 bits per heavy atom. The third-order valence-corrected chi connectivity index (χ3v) is 3.71. The van der Waals surface area contributed by atoms with E-state index in [-0.39, 0.29) is 12.1 Å². The highest BCUT2D eigenvalue weighted by Crippen LogP contribution is 2.28. The van der Waals surface area contributed by atoms with Gasteiger partial charge in [-0.3, -0.25) is 4.84 Å². The Morgan fingerprint density at radius 2 is 2.12 bits per heavy atom. The number of halogens is 1. The van der Waals surface area contributed by atoms with Crippen LogP contribution in [0.1, 0.15) is 31.4 Å². The van der Waals surface area contributed by atoms with Crippen molar-refractivity contribution < 1.29 is 4.84 Å². The molecule has 4 heteroatoms. The fourth-order valence-corrected chi connectivity index (χ4v) is 2.46. The number of hydrogen-bond acceptors (Lipinski definition) is 3. The first-order valence-electron chi connectivity index (χ1n) is 6.13. The van der Waals surface area contributed by atoms with Crippen LogP contribution in [0.25, 0.3) is 0 Å².